The number of fused-ring (bicyclic) bond motifs is 1. The molecule has 2 nitrogen and oxygen atoms in total. The van der Waals surface area contributed by atoms with Crippen LogP contribution in [0.3, 0.4) is 0 Å². The lowest BCUT2D eigenvalue weighted by Gasteiger charge is -2.14. The van der Waals surface area contributed by atoms with E-state index < -0.39 is 0 Å². The van der Waals surface area contributed by atoms with Crippen LogP contribution < -0.4 is 4.90 Å². The van der Waals surface area contributed by atoms with E-state index >= 15 is 0 Å². The van der Waals surface area contributed by atoms with Crippen molar-refractivity contribution in [3.8, 4) is 0 Å². The zero-order chi connectivity index (χ0) is 9.42. The van der Waals surface area contributed by atoms with Crippen molar-refractivity contribution in [2.75, 3.05) is 11.4 Å². The van der Waals surface area contributed by atoms with Crippen LogP contribution in [0.15, 0.2) is 18.2 Å². The van der Waals surface area contributed by atoms with Gasteiger partial charge in [-0.05, 0) is 31.0 Å². The Balaban J connectivity index is 2.54. The average molecular weight is 175 g/mol. The summed E-state index contributed by atoms with van der Waals surface area (Å²) in [6.07, 6.45) is 0.579. The summed E-state index contributed by atoms with van der Waals surface area (Å²) in [7, 11) is 0. The van der Waals surface area contributed by atoms with E-state index in [1.807, 2.05) is 24.0 Å². The van der Waals surface area contributed by atoms with Gasteiger partial charge in [-0.3, -0.25) is 4.79 Å². The van der Waals surface area contributed by atoms with Gasteiger partial charge >= 0.3 is 0 Å². The van der Waals surface area contributed by atoms with E-state index in [4.69, 9.17) is 0 Å². The Morgan fingerprint density at radius 2 is 2.23 bits per heavy atom. The van der Waals surface area contributed by atoms with E-state index in [1.54, 1.807) is 0 Å². The first kappa shape index (κ1) is 8.30. The van der Waals surface area contributed by atoms with E-state index in [0.717, 1.165) is 12.2 Å². The molecule has 2 heteroatoms. The van der Waals surface area contributed by atoms with E-state index in [1.165, 1.54) is 11.1 Å². The molecule has 1 heterocycles. The summed E-state index contributed by atoms with van der Waals surface area (Å²) < 4.78 is 0. The topological polar surface area (TPSA) is 20.3 Å². The molecule has 0 fully saturated rings. The molecular weight excluding hydrogens is 162 g/mol. The molecule has 0 N–H and O–H groups in total. The molecule has 0 bridgehead atoms. The number of nitrogens with zero attached hydrogens (tertiary/aromatic N) is 1. The van der Waals surface area contributed by atoms with Gasteiger partial charge in [0.25, 0.3) is 0 Å². The van der Waals surface area contributed by atoms with Gasteiger partial charge in [-0.1, -0.05) is 12.1 Å². The lowest BCUT2D eigenvalue weighted by atomic mass is 10.1. The molecule has 0 aromatic heterocycles. The summed E-state index contributed by atoms with van der Waals surface area (Å²) in [5, 5.41) is 0. The second-order valence-corrected chi connectivity index (χ2v) is 3.39. The summed E-state index contributed by atoms with van der Waals surface area (Å²) >= 11 is 0. The molecule has 0 aliphatic carbocycles. The Kier molecular flexibility index (Phi) is 1.83. The number of rotatable bonds is 1. The predicted octanol–water partition coefficient (Wildman–Crippen LogP) is 1.90. The molecule has 1 aromatic carbocycles. The van der Waals surface area contributed by atoms with Crippen molar-refractivity contribution in [3.63, 3.8) is 0 Å². The van der Waals surface area contributed by atoms with E-state index in [2.05, 4.69) is 13.0 Å². The van der Waals surface area contributed by atoms with Gasteiger partial charge in [-0.2, -0.15) is 0 Å². The number of likely N-dealkylation sites (N-methyl/N-ethyl adjacent to an activating group) is 1. The second-order valence-electron chi connectivity index (χ2n) is 3.39. The maximum atomic E-state index is 11.5. The molecule has 1 aromatic rings. The molecule has 68 valence electrons. The fraction of sp³-hybridized carbons (Fsp3) is 0.364. The number of hydrogen-bond acceptors (Lipinski definition) is 1. The summed E-state index contributed by atoms with van der Waals surface area (Å²) in [4.78, 5) is 13.4. The van der Waals surface area contributed by atoms with E-state index in [9.17, 15) is 4.79 Å². The molecule has 1 aliphatic rings. The highest BCUT2D eigenvalue weighted by Crippen LogP contribution is 2.30. The van der Waals surface area contributed by atoms with Crippen molar-refractivity contribution in [1.29, 1.82) is 0 Å². The lowest BCUT2D eigenvalue weighted by molar-refractivity contribution is -0.117. The predicted molar refractivity (Wildman–Crippen MR) is 52.9 cm³/mol. The molecule has 13 heavy (non-hydrogen) atoms. The van der Waals surface area contributed by atoms with Crippen LogP contribution in [-0.4, -0.2) is 12.5 Å². The van der Waals surface area contributed by atoms with E-state index in [-0.39, 0.29) is 5.91 Å². The number of amides is 1. The van der Waals surface area contributed by atoms with Gasteiger partial charge in [0.05, 0.1) is 6.42 Å². The number of benzene rings is 1. The van der Waals surface area contributed by atoms with Crippen LogP contribution in [0.25, 0.3) is 0 Å². The highest BCUT2D eigenvalue weighted by molar-refractivity contribution is 6.01. The monoisotopic (exact) mass is 175 g/mol. The smallest absolute Gasteiger partial charge is 0.231 e. The molecule has 0 saturated heterocycles. The number of hydrogen-bond donors (Lipinski definition) is 0. The van der Waals surface area contributed by atoms with E-state index in [0.29, 0.717) is 6.42 Å². The Bertz CT molecular complexity index is 357. The number of carbonyl (C=O) groups excluding carboxylic acids is 1. The lowest BCUT2D eigenvalue weighted by Crippen LogP contribution is -2.25. The Labute approximate surface area is 78.2 Å². The summed E-state index contributed by atoms with van der Waals surface area (Å²) in [5.41, 5.74) is 3.53. The van der Waals surface area contributed by atoms with Crippen molar-refractivity contribution >= 4 is 11.6 Å². The first-order chi connectivity index (χ1) is 6.24. The van der Waals surface area contributed by atoms with Crippen LogP contribution in [0.4, 0.5) is 5.69 Å². The minimum absolute atomic E-state index is 0.229. The quantitative estimate of drug-likeness (QED) is 0.638. The summed E-state index contributed by atoms with van der Waals surface area (Å²) in [6, 6.07) is 6.09. The second kappa shape index (κ2) is 2.87. The third-order valence-electron chi connectivity index (χ3n) is 2.62. The van der Waals surface area contributed by atoms with Crippen molar-refractivity contribution in [2.24, 2.45) is 0 Å². The van der Waals surface area contributed by atoms with Gasteiger partial charge in [-0.25, -0.2) is 0 Å². The van der Waals surface area contributed by atoms with Gasteiger partial charge in [0.15, 0.2) is 0 Å². The van der Waals surface area contributed by atoms with Crippen molar-refractivity contribution in [2.45, 2.75) is 20.3 Å². The van der Waals surface area contributed by atoms with Gasteiger partial charge in [0.1, 0.15) is 0 Å². The Hall–Kier alpha value is -1.31. The van der Waals surface area contributed by atoms with Crippen molar-refractivity contribution in [1.82, 2.24) is 0 Å². The molecule has 1 amide bonds. The first-order valence-corrected chi connectivity index (χ1v) is 4.63. The molecule has 0 radical (unpaired) electrons. The highest BCUT2D eigenvalue weighted by Gasteiger charge is 2.26. The summed E-state index contributed by atoms with van der Waals surface area (Å²) in [5.74, 6) is 0.229. The molecule has 0 saturated carbocycles. The Morgan fingerprint density at radius 1 is 1.46 bits per heavy atom. The molecule has 0 atom stereocenters. The maximum absolute atomic E-state index is 11.5. The fourth-order valence-electron chi connectivity index (χ4n) is 1.90. The standard InChI is InChI=1S/C11H13NO/c1-3-12-10-6-4-5-8(2)9(10)7-11(12)13/h4-6H,3,7H2,1-2H3. The van der Waals surface area contributed by atoms with Crippen molar-refractivity contribution < 1.29 is 4.79 Å². The van der Waals surface area contributed by atoms with Crippen LogP contribution in [0.1, 0.15) is 18.1 Å². The molecule has 2 rings (SSSR count). The van der Waals surface area contributed by atoms with Crippen molar-refractivity contribution in [3.05, 3.63) is 29.3 Å². The summed E-state index contributed by atoms with van der Waals surface area (Å²) in [6.45, 7) is 4.84. The largest absolute Gasteiger partial charge is 0.312 e. The third kappa shape index (κ3) is 1.13. The molecule has 0 spiro atoms. The average Bonchev–Trinajstić information content (AvgIpc) is 2.43. The number of aryl methyl sites for hydroxylation is 1. The first-order valence-electron chi connectivity index (χ1n) is 4.63. The maximum Gasteiger partial charge on any atom is 0.231 e. The van der Waals surface area contributed by atoms with Crippen LogP contribution in [-0.2, 0) is 11.2 Å². The van der Waals surface area contributed by atoms with Gasteiger partial charge < -0.3 is 4.90 Å². The van der Waals surface area contributed by atoms with Crippen LogP contribution >= 0.6 is 0 Å². The van der Waals surface area contributed by atoms with Gasteiger partial charge in [-0.15, -0.1) is 0 Å². The molecule has 0 unspecified atom stereocenters. The molecular formula is C11H13NO. The van der Waals surface area contributed by atoms with Crippen LogP contribution in [0.2, 0.25) is 0 Å². The number of carbonyl (C=O) groups is 1. The van der Waals surface area contributed by atoms with Gasteiger partial charge in [0.2, 0.25) is 5.91 Å². The SMILES string of the molecule is CCN1C(=O)Cc2c(C)cccc21. The third-order valence-corrected chi connectivity index (χ3v) is 2.62. The van der Waals surface area contributed by atoms with Crippen LogP contribution in [0.5, 0.6) is 0 Å². The minimum atomic E-state index is 0.229. The normalized spacial score (nSPS) is 14.9. The van der Waals surface area contributed by atoms with Gasteiger partial charge in [0, 0.05) is 12.2 Å². The molecule has 1 aliphatic heterocycles. The highest BCUT2D eigenvalue weighted by atomic mass is 16.2. The Morgan fingerprint density at radius 3 is 2.92 bits per heavy atom. The zero-order valence-electron chi connectivity index (χ0n) is 8.00. The fourth-order valence-corrected chi connectivity index (χ4v) is 1.90. The van der Waals surface area contributed by atoms with Crippen LogP contribution in [0, 0.1) is 6.92 Å². The minimum Gasteiger partial charge on any atom is -0.312 e. The number of anilines is 1. The zero-order valence-corrected chi connectivity index (χ0v) is 8.00.